The molecule has 0 bridgehead atoms. The van der Waals surface area contributed by atoms with Gasteiger partial charge in [0.05, 0.1) is 11.7 Å². The first kappa shape index (κ1) is 10.5. The van der Waals surface area contributed by atoms with Gasteiger partial charge in [0, 0.05) is 16.9 Å². The van der Waals surface area contributed by atoms with E-state index in [0.717, 1.165) is 0 Å². The summed E-state index contributed by atoms with van der Waals surface area (Å²) in [4.78, 5) is 16.3. The molecule has 0 fully saturated rings. The molecular weight excluding hydrogens is 182 g/mol. The Hall–Kier alpha value is -1.58. The first-order valence-electron chi connectivity index (χ1n) is 4.40. The quantitative estimate of drug-likeness (QED) is 0.525. The molecule has 1 aromatic rings. The van der Waals surface area contributed by atoms with Gasteiger partial charge in [-0.2, -0.15) is 0 Å². The van der Waals surface area contributed by atoms with Crippen molar-refractivity contribution in [3.05, 3.63) is 30.1 Å². The number of ether oxygens (including phenoxy) is 1. The minimum absolute atomic E-state index is 0.0998. The fraction of sp³-hybridized carbons (Fsp3) is 0.400. The Morgan fingerprint density at radius 3 is 2.36 bits per heavy atom. The van der Waals surface area contributed by atoms with Crippen LogP contribution in [0.3, 0.4) is 0 Å². The van der Waals surface area contributed by atoms with E-state index in [2.05, 4.69) is 0 Å². The van der Waals surface area contributed by atoms with Gasteiger partial charge in [0.25, 0.3) is 0 Å². The van der Waals surface area contributed by atoms with Gasteiger partial charge in [0.1, 0.15) is 7.11 Å². The van der Waals surface area contributed by atoms with Gasteiger partial charge in [-0.1, -0.05) is 0 Å². The van der Waals surface area contributed by atoms with Gasteiger partial charge in [-0.25, -0.2) is 4.79 Å². The molecule has 0 N–H and O–H groups in total. The molecule has 0 amide bonds. The third kappa shape index (κ3) is 2.73. The number of pyridine rings is 1. The van der Waals surface area contributed by atoms with Crippen LogP contribution in [0.4, 0.5) is 0 Å². The number of carbonyl (C=O) groups excluding carboxylic acids is 1. The maximum Gasteiger partial charge on any atom is 0.338 e. The molecule has 0 aliphatic rings. The molecule has 0 radical (unpaired) electrons. The lowest BCUT2D eigenvalue weighted by Gasteiger charge is -2.06. The molecule has 0 aromatic carbocycles. The van der Waals surface area contributed by atoms with Crippen LogP contribution >= 0.6 is 0 Å². The monoisotopic (exact) mass is 196 g/mol. The highest BCUT2D eigenvalue weighted by molar-refractivity contribution is 5.89. The van der Waals surface area contributed by atoms with Crippen molar-refractivity contribution in [1.82, 2.24) is 0 Å². The number of hydrogen-bond donors (Lipinski definition) is 0. The van der Waals surface area contributed by atoms with Crippen LogP contribution < -0.4 is 9.57 Å². The maximum atomic E-state index is 11.4. The molecule has 4 nitrogen and oxygen atoms in total. The molecule has 1 rings (SSSR count). The summed E-state index contributed by atoms with van der Waals surface area (Å²) >= 11 is 0. The van der Waals surface area contributed by atoms with Crippen LogP contribution in [0.1, 0.15) is 24.2 Å². The summed E-state index contributed by atoms with van der Waals surface area (Å²) in [5, 5.41) is 0. The highest BCUT2D eigenvalue weighted by Crippen LogP contribution is 2.00. The van der Waals surface area contributed by atoms with E-state index >= 15 is 0 Å². The van der Waals surface area contributed by atoms with Gasteiger partial charge >= 0.3 is 5.97 Å². The number of esters is 1. The van der Waals surface area contributed by atoms with Crippen molar-refractivity contribution in [1.29, 1.82) is 0 Å². The highest BCUT2D eigenvalue weighted by Gasteiger charge is 2.10. The zero-order valence-corrected chi connectivity index (χ0v) is 8.56. The standard InChI is InChI=1S/C10H14NO3/c1-8(2)14-10(12)9-4-6-11(13-3)7-5-9/h4-8H,1-3H3/q+1. The third-order valence-corrected chi connectivity index (χ3v) is 1.59. The summed E-state index contributed by atoms with van der Waals surface area (Å²) in [7, 11) is 1.55. The lowest BCUT2D eigenvalue weighted by molar-refractivity contribution is -0.885. The lowest BCUT2D eigenvalue weighted by Crippen LogP contribution is -2.39. The fourth-order valence-electron chi connectivity index (χ4n) is 0.953. The molecular formula is C10H14NO3+. The summed E-state index contributed by atoms with van der Waals surface area (Å²) in [6.07, 6.45) is 3.20. The Balaban J connectivity index is 2.71. The van der Waals surface area contributed by atoms with Crippen molar-refractivity contribution >= 4 is 5.97 Å². The van der Waals surface area contributed by atoms with Crippen LogP contribution in [0.2, 0.25) is 0 Å². The molecule has 0 saturated carbocycles. The maximum absolute atomic E-state index is 11.4. The summed E-state index contributed by atoms with van der Waals surface area (Å²) < 4.78 is 6.51. The number of hydrogen-bond acceptors (Lipinski definition) is 3. The molecule has 0 unspecified atom stereocenters. The van der Waals surface area contributed by atoms with E-state index in [-0.39, 0.29) is 12.1 Å². The Labute approximate surface area is 83.0 Å². The average Bonchev–Trinajstić information content (AvgIpc) is 2.17. The van der Waals surface area contributed by atoms with Crippen LogP contribution in [0.5, 0.6) is 0 Å². The number of aromatic nitrogens is 1. The van der Waals surface area contributed by atoms with Crippen LogP contribution in [-0.2, 0) is 4.74 Å². The van der Waals surface area contributed by atoms with Gasteiger partial charge < -0.3 is 4.74 Å². The lowest BCUT2D eigenvalue weighted by atomic mass is 10.3. The van der Waals surface area contributed by atoms with E-state index in [9.17, 15) is 4.79 Å². The van der Waals surface area contributed by atoms with Crippen molar-refractivity contribution in [2.24, 2.45) is 0 Å². The van der Waals surface area contributed by atoms with Crippen LogP contribution in [-0.4, -0.2) is 19.2 Å². The summed E-state index contributed by atoms with van der Waals surface area (Å²) in [6, 6.07) is 3.29. The third-order valence-electron chi connectivity index (χ3n) is 1.59. The van der Waals surface area contributed by atoms with Gasteiger partial charge in [-0.05, 0) is 13.8 Å². The normalized spacial score (nSPS) is 10.0. The molecule has 0 aliphatic carbocycles. The molecule has 1 aromatic heterocycles. The Morgan fingerprint density at radius 2 is 1.93 bits per heavy atom. The molecule has 76 valence electrons. The number of rotatable bonds is 3. The van der Waals surface area contributed by atoms with E-state index < -0.39 is 0 Å². The van der Waals surface area contributed by atoms with Gasteiger partial charge in [-0.15, -0.1) is 0 Å². The Bertz CT molecular complexity index is 306. The molecule has 0 spiro atoms. The fourth-order valence-corrected chi connectivity index (χ4v) is 0.953. The van der Waals surface area contributed by atoms with Gasteiger partial charge in [0.15, 0.2) is 0 Å². The highest BCUT2D eigenvalue weighted by atomic mass is 16.6. The Kier molecular flexibility index (Phi) is 3.45. The molecule has 1 heterocycles. The minimum Gasteiger partial charge on any atom is -0.459 e. The van der Waals surface area contributed by atoms with Crippen molar-refractivity contribution in [3.8, 4) is 0 Å². The second-order valence-corrected chi connectivity index (χ2v) is 3.08. The molecule has 0 aliphatic heterocycles. The topological polar surface area (TPSA) is 39.4 Å². The number of nitrogens with zero attached hydrogens (tertiary/aromatic N) is 1. The van der Waals surface area contributed by atoms with E-state index in [1.165, 1.54) is 4.73 Å². The predicted octanol–water partition coefficient (Wildman–Crippen LogP) is 0.598. The largest absolute Gasteiger partial charge is 0.459 e. The molecule has 0 atom stereocenters. The predicted molar refractivity (Wildman–Crippen MR) is 49.7 cm³/mol. The summed E-state index contributed by atoms with van der Waals surface area (Å²) in [5.74, 6) is -0.316. The van der Waals surface area contributed by atoms with Crippen LogP contribution in [0, 0.1) is 0 Å². The number of carbonyl (C=O) groups is 1. The minimum atomic E-state index is -0.316. The average molecular weight is 196 g/mol. The smallest absolute Gasteiger partial charge is 0.338 e. The van der Waals surface area contributed by atoms with Crippen molar-refractivity contribution in [2.75, 3.05) is 7.11 Å². The molecule has 0 saturated heterocycles. The zero-order chi connectivity index (χ0) is 10.6. The summed E-state index contributed by atoms with van der Waals surface area (Å²) in [6.45, 7) is 3.63. The first-order chi connectivity index (χ1) is 6.63. The van der Waals surface area contributed by atoms with Crippen molar-refractivity contribution in [2.45, 2.75) is 20.0 Å². The van der Waals surface area contributed by atoms with Crippen LogP contribution in [0.25, 0.3) is 0 Å². The van der Waals surface area contributed by atoms with Crippen LogP contribution in [0.15, 0.2) is 24.5 Å². The SMILES string of the molecule is CO[n+]1ccc(C(=O)OC(C)C)cc1. The molecule has 4 heteroatoms. The van der Waals surface area contributed by atoms with E-state index in [4.69, 9.17) is 9.57 Å². The van der Waals surface area contributed by atoms with E-state index in [1.54, 1.807) is 31.6 Å². The first-order valence-corrected chi connectivity index (χ1v) is 4.40. The molecule has 14 heavy (non-hydrogen) atoms. The van der Waals surface area contributed by atoms with Gasteiger partial charge in [0.2, 0.25) is 12.4 Å². The van der Waals surface area contributed by atoms with Crippen molar-refractivity contribution < 1.29 is 19.1 Å². The Morgan fingerprint density at radius 1 is 1.36 bits per heavy atom. The van der Waals surface area contributed by atoms with Crippen molar-refractivity contribution in [3.63, 3.8) is 0 Å². The second kappa shape index (κ2) is 4.60. The van der Waals surface area contributed by atoms with E-state index in [1.807, 2.05) is 13.8 Å². The zero-order valence-electron chi connectivity index (χ0n) is 8.56. The second-order valence-electron chi connectivity index (χ2n) is 3.08. The summed E-state index contributed by atoms with van der Waals surface area (Å²) in [5.41, 5.74) is 0.520. The van der Waals surface area contributed by atoms with E-state index in [0.29, 0.717) is 5.56 Å². The van der Waals surface area contributed by atoms with Gasteiger partial charge in [-0.3, -0.25) is 4.84 Å².